The van der Waals surface area contributed by atoms with Crippen molar-refractivity contribution in [3.63, 3.8) is 0 Å². The molecular formula is C21H15ClF3NO2. The molecule has 0 atom stereocenters. The summed E-state index contributed by atoms with van der Waals surface area (Å²) in [5.74, 6) is -0.865. The average molecular weight is 406 g/mol. The number of carbonyl (C=O) groups is 1. The van der Waals surface area contributed by atoms with Crippen LogP contribution in [0.1, 0.15) is 21.5 Å². The van der Waals surface area contributed by atoms with E-state index in [2.05, 4.69) is 0 Å². The predicted molar refractivity (Wildman–Crippen MR) is 102 cm³/mol. The molecular weight excluding hydrogens is 391 g/mol. The molecule has 3 aromatic carbocycles. The fourth-order valence-electron chi connectivity index (χ4n) is 3.02. The summed E-state index contributed by atoms with van der Waals surface area (Å²) in [6, 6.07) is 14.6. The number of carbonyl (C=O) groups excluding carboxylic acids is 1. The van der Waals surface area contributed by atoms with Crippen molar-refractivity contribution >= 4 is 17.7 Å². The quantitative estimate of drug-likeness (QED) is 0.530. The average Bonchev–Trinajstić information content (AvgIpc) is 2.66. The predicted octanol–water partition coefficient (Wildman–Crippen LogP) is 5.94. The SMILES string of the molecule is Cc1cccc(-c2c(C(=O)NCl)cc(C(F)(F)F)cc2-c2ccc(O)cc2)c1. The maximum absolute atomic E-state index is 13.5. The topological polar surface area (TPSA) is 49.3 Å². The third kappa shape index (κ3) is 3.97. The Morgan fingerprint density at radius 2 is 1.68 bits per heavy atom. The van der Waals surface area contributed by atoms with Gasteiger partial charge in [-0.25, -0.2) is 0 Å². The molecule has 3 nitrogen and oxygen atoms in total. The Bertz CT molecular complexity index is 1030. The molecule has 1 amide bonds. The van der Waals surface area contributed by atoms with Gasteiger partial charge in [0.2, 0.25) is 0 Å². The van der Waals surface area contributed by atoms with E-state index in [1.165, 1.54) is 24.3 Å². The lowest BCUT2D eigenvalue weighted by Gasteiger charge is -2.18. The van der Waals surface area contributed by atoms with Gasteiger partial charge in [0.05, 0.1) is 5.56 Å². The van der Waals surface area contributed by atoms with Crippen molar-refractivity contribution in [2.24, 2.45) is 0 Å². The smallest absolute Gasteiger partial charge is 0.416 e. The highest BCUT2D eigenvalue weighted by Gasteiger charge is 2.33. The molecule has 3 aromatic rings. The van der Waals surface area contributed by atoms with Gasteiger partial charge < -0.3 is 5.11 Å². The lowest BCUT2D eigenvalue weighted by molar-refractivity contribution is -0.137. The summed E-state index contributed by atoms with van der Waals surface area (Å²) in [5.41, 5.74) is 1.24. The van der Waals surface area contributed by atoms with Crippen LogP contribution >= 0.6 is 11.8 Å². The number of hydrogen-bond acceptors (Lipinski definition) is 2. The van der Waals surface area contributed by atoms with Gasteiger partial charge >= 0.3 is 6.18 Å². The number of halogens is 4. The number of nitrogens with one attached hydrogen (secondary N) is 1. The van der Waals surface area contributed by atoms with Crippen LogP contribution in [0.25, 0.3) is 22.3 Å². The molecule has 0 saturated heterocycles. The Morgan fingerprint density at radius 1 is 1.00 bits per heavy atom. The van der Waals surface area contributed by atoms with Crippen molar-refractivity contribution in [2.75, 3.05) is 0 Å². The van der Waals surface area contributed by atoms with Gasteiger partial charge in [-0.2, -0.15) is 13.2 Å². The lowest BCUT2D eigenvalue weighted by atomic mass is 9.87. The highest BCUT2D eigenvalue weighted by Crippen LogP contribution is 2.41. The monoisotopic (exact) mass is 405 g/mol. The Kier molecular flexibility index (Phi) is 5.34. The minimum atomic E-state index is -4.65. The molecule has 0 bridgehead atoms. The van der Waals surface area contributed by atoms with Gasteiger partial charge in [-0.05, 0) is 47.9 Å². The molecule has 3 rings (SSSR count). The Balaban J connectivity index is 2.42. The first-order chi connectivity index (χ1) is 13.2. The fraction of sp³-hybridized carbons (Fsp3) is 0.0952. The Morgan fingerprint density at radius 3 is 2.25 bits per heavy atom. The first kappa shape index (κ1) is 19.8. The van der Waals surface area contributed by atoms with Crippen molar-refractivity contribution in [1.82, 2.24) is 4.84 Å². The molecule has 0 aromatic heterocycles. The van der Waals surface area contributed by atoms with E-state index in [4.69, 9.17) is 11.8 Å². The highest BCUT2D eigenvalue weighted by atomic mass is 35.5. The number of aromatic hydroxyl groups is 1. The van der Waals surface area contributed by atoms with E-state index in [1.807, 2.05) is 17.8 Å². The minimum Gasteiger partial charge on any atom is -0.508 e. The molecule has 0 saturated carbocycles. The number of rotatable bonds is 3. The molecule has 0 fully saturated rings. The zero-order valence-electron chi connectivity index (χ0n) is 14.6. The van der Waals surface area contributed by atoms with Crippen molar-refractivity contribution in [3.05, 3.63) is 77.4 Å². The van der Waals surface area contributed by atoms with Crippen LogP contribution in [0.3, 0.4) is 0 Å². The number of hydrogen-bond donors (Lipinski definition) is 2. The largest absolute Gasteiger partial charge is 0.508 e. The summed E-state index contributed by atoms with van der Waals surface area (Å²) in [7, 11) is 0. The summed E-state index contributed by atoms with van der Waals surface area (Å²) in [5, 5.41) is 9.53. The first-order valence-electron chi connectivity index (χ1n) is 8.23. The number of benzene rings is 3. The number of phenolic OH excluding ortho intramolecular Hbond substituents is 1. The van der Waals surface area contributed by atoms with E-state index in [-0.39, 0.29) is 16.9 Å². The van der Waals surface area contributed by atoms with E-state index in [0.717, 1.165) is 17.7 Å². The molecule has 0 spiro atoms. The second kappa shape index (κ2) is 7.56. The summed E-state index contributed by atoms with van der Waals surface area (Å²) in [6.45, 7) is 1.84. The van der Waals surface area contributed by atoms with E-state index in [0.29, 0.717) is 16.7 Å². The second-order valence-corrected chi connectivity index (χ2v) is 6.47. The van der Waals surface area contributed by atoms with E-state index < -0.39 is 17.6 Å². The van der Waals surface area contributed by atoms with Gasteiger partial charge in [0, 0.05) is 22.9 Å². The van der Waals surface area contributed by atoms with Gasteiger partial charge in [-0.3, -0.25) is 9.63 Å². The van der Waals surface area contributed by atoms with Crippen LogP contribution < -0.4 is 4.84 Å². The van der Waals surface area contributed by atoms with Gasteiger partial charge in [0.15, 0.2) is 0 Å². The van der Waals surface area contributed by atoms with Crippen LogP contribution in [0.2, 0.25) is 0 Å². The standard InChI is InChI=1S/C21H15ClF3NO2/c1-12-3-2-4-14(9-12)19-17(13-5-7-16(27)8-6-13)10-15(21(23,24)25)11-18(19)20(28)26-22/h2-11,27H,1H3,(H,26,28). The Labute approximate surface area is 164 Å². The number of alkyl halides is 3. The number of amides is 1. The molecule has 0 unspecified atom stereocenters. The molecule has 0 aliphatic heterocycles. The van der Waals surface area contributed by atoms with Crippen LogP contribution in [0, 0.1) is 6.92 Å². The summed E-state index contributed by atoms with van der Waals surface area (Å²) < 4.78 is 40.5. The first-order valence-corrected chi connectivity index (χ1v) is 8.61. The van der Waals surface area contributed by atoms with Crippen LogP contribution in [0.5, 0.6) is 5.75 Å². The second-order valence-electron chi connectivity index (χ2n) is 6.28. The molecule has 28 heavy (non-hydrogen) atoms. The zero-order valence-corrected chi connectivity index (χ0v) is 15.4. The molecule has 2 N–H and O–H groups in total. The normalized spacial score (nSPS) is 11.3. The highest BCUT2D eigenvalue weighted by molar-refractivity contribution is 6.25. The molecule has 0 heterocycles. The third-order valence-electron chi connectivity index (χ3n) is 4.28. The number of phenols is 1. The van der Waals surface area contributed by atoms with E-state index in [1.54, 1.807) is 18.2 Å². The van der Waals surface area contributed by atoms with E-state index in [9.17, 15) is 23.1 Å². The molecule has 0 radical (unpaired) electrons. The Hall–Kier alpha value is -2.99. The third-order valence-corrected chi connectivity index (χ3v) is 4.45. The van der Waals surface area contributed by atoms with Crippen LogP contribution in [-0.2, 0) is 6.18 Å². The lowest BCUT2D eigenvalue weighted by Crippen LogP contribution is -2.17. The van der Waals surface area contributed by atoms with Crippen LogP contribution in [0.15, 0.2) is 60.7 Å². The van der Waals surface area contributed by atoms with Gasteiger partial charge in [-0.15, -0.1) is 0 Å². The van der Waals surface area contributed by atoms with Crippen molar-refractivity contribution in [2.45, 2.75) is 13.1 Å². The van der Waals surface area contributed by atoms with Gasteiger partial charge in [0.1, 0.15) is 5.75 Å². The van der Waals surface area contributed by atoms with Crippen molar-refractivity contribution in [1.29, 1.82) is 0 Å². The molecule has 144 valence electrons. The zero-order chi connectivity index (χ0) is 20.5. The van der Waals surface area contributed by atoms with Crippen LogP contribution in [-0.4, -0.2) is 11.0 Å². The molecule has 0 aliphatic carbocycles. The molecule has 0 aliphatic rings. The number of aryl methyl sites for hydroxylation is 1. The van der Waals surface area contributed by atoms with Gasteiger partial charge in [-0.1, -0.05) is 42.0 Å². The van der Waals surface area contributed by atoms with Gasteiger partial charge in [0.25, 0.3) is 5.91 Å². The fourth-order valence-corrected chi connectivity index (χ4v) is 3.12. The summed E-state index contributed by atoms with van der Waals surface area (Å²) in [4.78, 5) is 14.3. The molecule has 7 heteroatoms. The maximum atomic E-state index is 13.5. The van der Waals surface area contributed by atoms with Crippen LogP contribution in [0.4, 0.5) is 13.2 Å². The van der Waals surface area contributed by atoms with Crippen molar-refractivity contribution in [3.8, 4) is 28.0 Å². The summed E-state index contributed by atoms with van der Waals surface area (Å²) in [6.07, 6.45) is -4.65. The minimum absolute atomic E-state index is 0.0217. The summed E-state index contributed by atoms with van der Waals surface area (Å²) >= 11 is 5.45. The maximum Gasteiger partial charge on any atom is 0.416 e. The van der Waals surface area contributed by atoms with Crippen molar-refractivity contribution < 1.29 is 23.1 Å². The van der Waals surface area contributed by atoms with E-state index >= 15 is 0 Å².